The summed E-state index contributed by atoms with van der Waals surface area (Å²) in [5.41, 5.74) is 1.19. The monoisotopic (exact) mass is 168 g/mol. The molecular formula is C10H13FO. The SMILES string of the molecule is CCCc1cc(F)c(C)cc1O. The third-order valence-electron chi connectivity index (χ3n) is 1.88. The summed E-state index contributed by atoms with van der Waals surface area (Å²) in [6, 6.07) is 2.88. The smallest absolute Gasteiger partial charge is 0.126 e. The van der Waals surface area contributed by atoms with E-state index in [1.807, 2.05) is 6.92 Å². The van der Waals surface area contributed by atoms with Crippen LogP contribution < -0.4 is 0 Å². The van der Waals surface area contributed by atoms with Crippen LogP contribution in [0.4, 0.5) is 4.39 Å². The molecule has 0 spiro atoms. The lowest BCUT2D eigenvalue weighted by atomic mass is 10.1. The van der Waals surface area contributed by atoms with Crippen molar-refractivity contribution in [2.45, 2.75) is 26.7 Å². The Balaban J connectivity index is 3.05. The van der Waals surface area contributed by atoms with E-state index in [4.69, 9.17) is 0 Å². The van der Waals surface area contributed by atoms with Crippen molar-refractivity contribution in [2.24, 2.45) is 0 Å². The molecule has 1 rings (SSSR count). The van der Waals surface area contributed by atoms with Crippen LogP contribution in [0, 0.1) is 12.7 Å². The number of hydrogen-bond donors (Lipinski definition) is 1. The van der Waals surface area contributed by atoms with Crippen molar-refractivity contribution in [3.63, 3.8) is 0 Å². The third-order valence-corrected chi connectivity index (χ3v) is 1.88. The zero-order chi connectivity index (χ0) is 9.14. The topological polar surface area (TPSA) is 20.2 Å². The maximum absolute atomic E-state index is 13.0. The second-order valence-electron chi connectivity index (χ2n) is 2.98. The highest BCUT2D eigenvalue weighted by molar-refractivity contribution is 5.36. The number of halogens is 1. The minimum atomic E-state index is -0.240. The second kappa shape index (κ2) is 3.57. The standard InChI is InChI=1S/C10H13FO/c1-3-4-8-6-9(11)7(2)5-10(8)12/h5-6,12H,3-4H2,1-2H3. The average molecular weight is 168 g/mol. The van der Waals surface area contributed by atoms with Crippen molar-refractivity contribution in [1.29, 1.82) is 0 Å². The van der Waals surface area contributed by atoms with Gasteiger partial charge >= 0.3 is 0 Å². The van der Waals surface area contributed by atoms with E-state index in [2.05, 4.69) is 0 Å². The molecule has 0 aromatic heterocycles. The molecule has 0 heterocycles. The van der Waals surface area contributed by atoms with Crippen LogP contribution in [0.2, 0.25) is 0 Å². The zero-order valence-electron chi connectivity index (χ0n) is 7.39. The number of hydrogen-bond acceptors (Lipinski definition) is 1. The number of phenolic OH excluding ortho intramolecular Hbond substituents is 1. The summed E-state index contributed by atoms with van der Waals surface area (Å²) in [5.74, 6) is -0.0352. The highest BCUT2D eigenvalue weighted by Crippen LogP contribution is 2.22. The first-order valence-electron chi connectivity index (χ1n) is 4.13. The number of benzene rings is 1. The van der Waals surface area contributed by atoms with Crippen LogP contribution in [0.1, 0.15) is 24.5 Å². The van der Waals surface area contributed by atoms with Gasteiger partial charge in [0, 0.05) is 0 Å². The van der Waals surface area contributed by atoms with Gasteiger partial charge in [-0.25, -0.2) is 4.39 Å². The summed E-state index contributed by atoms with van der Waals surface area (Å²) in [4.78, 5) is 0. The molecule has 0 bridgehead atoms. The van der Waals surface area contributed by atoms with Crippen molar-refractivity contribution in [2.75, 3.05) is 0 Å². The Hall–Kier alpha value is -1.05. The molecule has 0 unspecified atom stereocenters. The predicted molar refractivity (Wildman–Crippen MR) is 46.8 cm³/mol. The van der Waals surface area contributed by atoms with Gasteiger partial charge in [-0.3, -0.25) is 0 Å². The van der Waals surface area contributed by atoms with Crippen LogP contribution in [0.5, 0.6) is 5.75 Å². The van der Waals surface area contributed by atoms with Crippen molar-refractivity contribution < 1.29 is 9.50 Å². The van der Waals surface area contributed by atoms with Crippen molar-refractivity contribution in [1.82, 2.24) is 0 Å². The maximum atomic E-state index is 13.0. The highest BCUT2D eigenvalue weighted by atomic mass is 19.1. The van der Waals surface area contributed by atoms with Gasteiger partial charge in [-0.15, -0.1) is 0 Å². The molecule has 2 heteroatoms. The van der Waals surface area contributed by atoms with Gasteiger partial charge < -0.3 is 5.11 Å². The average Bonchev–Trinajstić information content (AvgIpc) is 2.01. The Kier molecular flexibility index (Phi) is 2.69. The van der Waals surface area contributed by atoms with E-state index in [0.717, 1.165) is 12.8 Å². The number of aromatic hydroxyl groups is 1. The zero-order valence-corrected chi connectivity index (χ0v) is 7.39. The van der Waals surface area contributed by atoms with E-state index in [-0.39, 0.29) is 11.6 Å². The van der Waals surface area contributed by atoms with Crippen LogP contribution in [-0.4, -0.2) is 5.11 Å². The van der Waals surface area contributed by atoms with E-state index in [0.29, 0.717) is 11.1 Å². The largest absolute Gasteiger partial charge is 0.508 e. The molecule has 1 aromatic carbocycles. The summed E-state index contributed by atoms with van der Waals surface area (Å²) in [6.45, 7) is 3.64. The molecule has 0 fully saturated rings. The van der Waals surface area contributed by atoms with E-state index < -0.39 is 0 Å². The molecule has 0 aliphatic rings. The molecule has 66 valence electrons. The fourth-order valence-electron chi connectivity index (χ4n) is 1.18. The molecule has 0 amide bonds. The molecule has 1 aromatic rings. The normalized spacial score (nSPS) is 10.2. The lowest BCUT2D eigenvalue weighted by molar-refractivity contribution is 0.464. The molecule has 1 N–H and O–H groups in total. The minimum Gasteiger partial charge on any atom is -0.508 e. The first-order chi connectivity index (χ1) is 5.65. The lowest BCUT2D eigenvalue weighted by Gasteiger charge is -2.04. The first kappa shape index (κ1) is 9.04. The Labute approximate surface area is 71.9 Å². The van der Waals surface area contributed by atoms with Crippen LogP contribution in [0.3, 0.4) is 0 Å². The summed E-state index contributed by atoms with van der Waals surface area (Å²) >= 11 is 0. The van der Waals surface area contributed by atoms with Crippen molar-refractivity contribution in [3.8, 4) is 5.75 Å². The Morgan fingerprint density at radius 3 is 2.67 bits per heavy atom. The highest BCUT2D eigenvalue weighted by Gasteiger charge is 2.04. The number of aryl methyl sites for hydroxylation is 2. The van der Waals surface area contributed by atoms with Gasteiger partial charge in [-0.05, 0) is 36.6 Å². The van der Waals surface area contributed by atoms with Gasteiger partial charge in [0.2, 0.25) is 0 Å². The van der Waals surface area contributed by atoms with Gasteiger partial charge in [0.15, 0.2) is 0 Å². The van der Waals surface area contributed by atoms with Crippen molar-refractivity contribution >= 4 is 0 Å². The predicted octanol–water partition coefficient (Wildman–Crippen LogP) is 2.79. The van der Waals surface area contributed by atoms with Crippen LogP contribution in [0.25, 0.3) is 0 Å². The Morgan fingerprint density at radius 2 is 2.08 bits per heavy atom. The third kappa shape index (κ3) is 1.76. The molecule has 0 radical (unpaired) electrons. The fraction of sp³-hybridized carbons (Fsp3) is 0.400. The van der Waals surface area contributed by atoms with Gasteiger partial charge in [-0.1, -0.05) is 13.3 Å². The summed E-state index contributed by atoms with van der Waals surface area (Å²) < 4.78 is 13.0. The summed E-state index contributed by atoms with van der Waals surface area (Å²) in [6.07, 6.45) is 1.64. The number of phenols is 1. The molecule has 0 aliphatic carbocycles. The summed E-state index contributed by atoms with van der Waals surface area (Å²) in [5, 5.41) is 9.38. The second-order valence-corrected chi connectivity index (χ2v) is 2.98. The quantitative estimate of drug-likeness (QED) is 0.719. The number of rotatable bonds is 2. The first-order valence-corrected chi connectivity index (χ1v) is 4.13. The lowest BCUT2D eigenvalue weighted by Crippen LogP contribution is -1.89. The molecule has 0 aliphatic heterocycles. The van der Waals surface area contributed by atoms with Crippen LogP contribution in [-0.2, 0) is 6.42 Å². The van der Waals surface area contributed by atoms with Crippen LogP contribution >= 0.6 is 0 Å². The molecule has 0 saturated carbocycles. The Morgan fingerprint density at radius 1 is 1.42 bits per heavy atom. The molecule has 1 nitrogen and oxygen atoms in total. The summed E-state index contributed by atoms with van der Waals surface area (Å²) in [7, 11) is 0. The maximum Gasteiger partial charge on any atom is 0.126 e. The Bertz CT molecular complexity index is 281. The van der Waals surface area contributed by atoms with Crippen LogP contribution in [0.15, 0.2) is 12.1 Å². The van der Waals surface area contributed by atoms with Gasteiger partial charge in [0.05, 0.1) is 0 Å². The molecular weight excluding hydrogens is 155 g/mol. The van der Waals surface area contributed by atoms with Gasteiger partial charge in [-0.2, -0.15) is 0 Å². The van der Waals surface area contributed by atoms with Gasteiger partial charge in [0.1, 0.15) is 11.6 Å². The minimum absolute atomic E-state index is 0.204. The molecule has 12 heavy (non-hydrogen) atoms. The van der Waals surface area contributed by atoms with Gasteiger partial charge in [0.25, 0.3) is 0 Å². The van der Waals surface area contributed by atoms with E-state index >= 15 is 0 Å². The molecule has 0 saturated heterocycles. The molecule has 0 atom stereocenters. The van der Waals surface area contributed by atoms with Crippen molar-refractivity contribution in [3.05, 3.63) is 29.1 Å². The van der Waals surface area contributed by atoms with E-state index in [9.17, 15) is 9.50 Å². The van der Waals surface area contributed by atoms with E-state index in [1.165, 1.54) is 12.1 Å². The van der Waals surface area contributed by atoms with E-state index in [1.54, 1.807) is 6.92 Å². The fourth-order valence-corrected chi connectivity index (χ4v) is 1.18.